The van der Waals surface area contributed by atoms with Crippen molar-refractivity contribution >= 4 is 11.8 Å². The highest BCUT2D eigenvalue weighted by atomic mass is 16.5. The van der Waals surface area contributed by atoms with Crippen LogP contribution in [0.4, 0.5) is 0 Å². The van der Waals surface area contributed by atoms with Crippen molar-refractivity contribution in [3.63, 3.8) is 0 Å². The van der Waals surface area contributed by atoms with Gasteiger partial charge < -0.3 is 19.1 Å². The van der Waals surface area contributed by atoms with E-state index in [2.05, 4.69) is 5.16 Å². The number of aryl methyl sites for hydroxylation is 1. The van der Waals surface area contributed by atoms with Crippen LogP contribution in [0.5, 0.6) is 0 Å². The molecule has 0 saturated carbocycles. The maximum absolute atomic E-state index is 12.7. The topological polar surface area (TPSA) is 75.9 Å². The second-order valence-electron chi connectivity index (χ2n) is 7.69. The van der Waals surface area contributed by atoms with Crippen LogP contribution in [0.25, 0.3) is 0 Å². The number of piperidine rings is 2. The van der Waals surface area contributed by atoms with Gasteiger partial charge in [0, 0.05) is 57.8 Å². The highest BCUT2D eigenvalue weighted by Crippen LogP contribution is 2.39. The Labute approximate surface area is 154 Å². The minimum absolute atomic E-state index is 0.0340. The van der Waals surface area contributed by atoms with Crippen molar-refractivity contribution in [1.82, 2.24) is 15.0 Å². The highest BCUT2D eigenvalue weighted by Gasteiger charge is 2.42. The maximum Gasteiger partial charge on any atom is 0.230 e. The molecule has 2 amide bonds. The van der Waals surface area contributed by atoms with Crippen molar-refractivity contribution in [1.29, 1.82) is 0 Å². The fourth-order valence-corrected chi connectivity index (χ4v) is 4.22. The number of amides is 2. The summed E-state index contributed by atoms with van der Waals surface area (Å²) in [6, 6.07) is 1.81. The molecule has 26 heavy (non-hydrogen) atoms. The largest absolute Gasteiger partial charge is 0.385 e. The van der Waals surface area contributed by atoms with E-state index >= 15 is 0 Å². The molecule has 7 nitrogen and oxygen atoms in total. The van der Waals surface area contributed by atoms with E-state index in [1.807, 2.05) is 22.8 Å². The normalized spacial score (nSPS) is 23.7. The predicted molar refractivity (Wildman–Crippen MR) is 95.5 cm³/mol. The summed E-state index contributed by atoms with van der Waals surface area (Å²) in [4.78, 5) is 28.9. The quantitative estimate of drug-likeness (QED) is 0.720. The molecule has 2 aliphatic heterocycles. The first-order valence-corrected chi connectivity index (χ1v) is 9.48. The second kappa shape index (κ2) is 8.20. The molecule has 3 rings (SSSR count). The van der Waals surface area contributed by atoms with Crippen LogP contribution in [0.15, 0.2) is 10.6 Å². The second-order valence-corrected chi connectivity index (χ2v) is 7.69. The first kappa shape index (κ1) is 18.9. The number of methoxy groups -OCH3 is 1. The number of carbonyl (C=O) groups is 2. The SMILES string of the molecule is COCCCN1CC2(CCCN(C(=O)Cc3cc(C)no3)C2)CCC1=O. The Balaban J connectivity index is 1.60. The molecule has 2 fully saturated rings. The fourth-order valence-electron chi connectivity index (χ4n) is 4.22. The monoisotopic (exact) mass is 363 g/mol. The molecular weight excluding hydrogens is 334 g/mol. The Morgan fingerprint density at radius 2 is 2.23 bits per heavy atom. The van der Waals surface area contributed by atoms with Gasteiger partial charge in [0.05, 0.1) is 12.1 Å². The Bertz CT molecular complexity index is 644. The van der Waals surface area contributed by atoms with Crippen molar-refractivity contribution < 1.29 is 18.8 Å². The number of likely N-dealkylation sites (tertiary alicyclic amines) is 2. The van der Waals surface area contributed by atoms with Gasteiger partial charge in [-0.25, -0.2) is 0 Å². The minimum atomic E-state index is 0.0340. The van der Waals surface area contributed by atoms with Crippen LogP contribution in [-0.4, -0.2) is 66.7 Å². The summed E-state index contributed by atoms with van der Waals surface area (Å²) >= 11 is 0. The van der Waals surface area contributed by atoms with Crippen molar-refractivity contribution in [3.8, 4) is 0 Å². The van der Waals surface area contributed by atoms with Crippen LogP contribution in [0.3, 0.4) is 0 Å². The molecule has 2 saturated heterocycles. The van der Waals surface area contributed by atoms with Gasteiger partial charge in [0.1, 0.15) is 5.76 Å². The van der Waals surface area contributed by atoms with Crippen LogP contribution >= 0.6 is 0 Å². The summed E-state index contributed by atoms with van der Waals surface area (Å²) < 4.78 is 10.3. The molecule has 0 N–H and O–H groups in total. The number of nitrogens with zero attached hydrogens (tertiary/aromatic N) is 3. The molecule has 7 heteroatoms. The molecule has 0 aromatic carbocycles. The third-order valence-electron chi connectivity index (χ3n) is 5.54. The summed E-state index contributed by atoms with van der Waals surface area (Å²) in [6.45, 7) is 5.52. The highest BCUT2D eigenvalue weighted by molar-refractivity contribution is 5.79. The van der Waals surface area contributed by atoms with Gasteiger partial charge in [-0.2, -0.15) is 0 Å². The number of ether oxygens (including phenoxy) is 1. The van der Waals surface area contributed by atoms with Gasteiger partial charge in [-0.15, -0.1) is 0 Å². The van der Waals surface area contributed by atoms with Gasteiger partial charge in [-0.3, -0.25) is 9.59 Å². The molecule has 144 valence electrons. The standard InChI is InChI=1S/C19H29N3O4/c1-15-11-16(26-20-15)12-18(24)22-8-3-6-19(14-22)7-5-17(23)21(13-19)9-4-10-25-2/h11H,3-10,12-14H2,1-2H3. The van der Waals surface area contributed by atoms with E-state index in [4.69, 9.17) is 9.26 Å². The summed E-state index contributed by atoms with van der Waals surface area (Å²) in [5, 5.41) is 3.85. The van der Waals surface area contributed by atoms with Crippen LogP contribution in [0.1, 0.15) is 43.6 Å². The van der Waals surface area contributed by atoms with Gasteiger partial charge in [0.25, 0.3) is 0 Å². The van der Waals surface area contributed by atoms with E-state index in [1.165, 1.54) is 0 Å². The average Bonchev–Trinajstić information content (AvgIpc) is 3.03. The molecule has 1 aromatic heterocycles. The number of aromatic nitrogens is 1. The van der Waals surface area contributed by atoms with Crippen molar-refractivity contribution in [2.75, 3.05) is 39.9 Å². The summed E-state index contributed by atoms with van der Waals surface area (Å²) in [6.07, 6.45) is 4.63. The van der Waals surface area contributed by atoms with Crippen molar-refractivity contribution in [3.05, 3.63) is 17.5 Å². The molecule has 0 radical (unpaired) electrons. The van der Waals surface area contributed by atoms with Crippen LogP contribution < -0.4 is 0 Å². The van der Waals surface area contributed by atoms with Gasteiger partial charge in [0.15, 0.2) is 0 Å². The zero-order valence-corrected chi connectivity index (χ0v) is 15.8. The van der Waals surface area contributed by atoms with Crippen molar-refractivity contribution in [2.24, 2.45) is 5.41 Å². The first-order chi connectivity index (χ1) is 12.5. The molecular formula is C19H29N3O4. The molecule has 3 heterocycles. The van der Waals surface area contributed by atoms with Crippen LogP contribution in [0, 0.1) is 12.3 Å². The molecule has 1 unspecified atom stereocenters. The summed E-state index contributed by atoms with van der Waals surface area (Å²) in [7, 11) is 1.68. The lowest BCUT2D eigenvalue weighted by Crippen LogP contribution is -2.55. The molecule has 1 aromatic rings. The average molecular weight is 363 g/mol. The van der Waals surface area contributed by atoms with E-state index in [9.17, 15) is 9.59 Å². The van der Waals surface area contributed by atoms with Gasteiger partial charge >= 0.3 is 0 Å². The van der Waals surface area contributed by atoms with E-state index in [0.717, 1.165) is 57.6 Å². The van der Waals surface area contributed by atoms with Gasteiger partial charge in [-0.1, -0.05) is 5.16 Å². The molecule has 1 atom stereocenters. The zero-order valence-electron chi connectivity index (χ0n) is 15.8. The van der Waals surface area contributed by atoms with Gasteiger partial charge in [-0.05, 0) is 32.6 Å². The number of rotatable bonds is 6. The third kappa shape index (κ3) is 4.44. The lowest BCUT2D eigenvalue weighted by atomic mass is 9.73. The number of hydrogen-bond donors (Lipinski definition) is 0. The van der Waals surface area contributed by atoms with Crippen LogP contribution in [0.2, 0.25) is 0 Å². The number of carbonyl (C=O) groups excluding carboxylic acids is 2. The molecule has 1 spiro atoms. The Kier molecular flexibility index (Phi) is 5.96. The lowest BCUT2D eigenvalue weighted by Gasteiger charge is -2.48. The smallest absolute Gasteiger partial charge is 0.230 e. The predicted octanol–water partition coefficient (Wildman–Crippen LogP) is 1.79. The maximum atomic E-state index is 12.7. The van der Waals surface area contributed by atoms with E-state index < -0.39 is 0 Å². The zero-order chi connectivity index (χ0) is 18.6. The minimum Gasteiger partial charge on any atom is -0.385 e. The Hall–Kier alpha value is -1.89. The van der Waals surface area contributed by atoms with Gasteiger partial charge in [0.2, 0.25) is 11.8 Å². The molecule has 0 bridgehead atoms. The van der Waals surface area contributed by atoms with Crippen molar-refractivity contribution in [2.45, 2.75) is 45.4 Å². The molecule has 0 aliphatic carbocycles. The Morgan fingerprint density at radius 3 is 2.96 bits per heavy atom. The van der Waals surface area contributed by atoms with E-state index in [1.54, 1.807) is 7.11 Å². The van der Waals surface area contributed by atoms with E-state index in [0.29, 0.717) is 18.8 Å². The molecule has 2 aliphatic rings. The van der Waals surface area contributed by atoms with Crippen LogP contribution in [-0.2, 0) is 20.7 Å². The first-order valence-electron chi connectivity index (χ1n) is 9.48. The fraction of sp³-hybridized carbons (Fsp3) is 0.737. The number of hydrogen-bond acceptors (Lipinski definition) is 5. The summed E-state index contributed by atoms with van der Waals surface area (Å²) in [5.74, 6) is 0.933. The summed E-state index contributed by atoms with van der Waals surface area (Å²) in [5.41, 5.74) is 0.826. The lowest BCUT2D eigenvalue weighted by molar-refractivity contribution is -0.143. The van der Waals surface area contributed by atoms with E-state index in [-0.39, 0.29) is 23.7 Å². The Morgan fingerprint density at radius 1 is 1.38 bits per heavy atom. The third-order valence-corrected chi connectivity index (χ3v) is 5.54.